The van der Waals surface area contributed by atoms with Gasteiger partial charge in [-0.25, -0.2) is 13.2 Å². The zero-order valence-corrected chi connectivity index (χ0v) is 11.4. The zero-order chi connectivity index (χ0) is 14.3. The molecule has 0 unspecified atom stereocenters. The fourth-order valence-electron chi connectivity index (χ4n) is 1.36. The SMILES string of the molecule is C/C=C/COCCS(=O)(=O)c1cccc(C(=O)O)c1. The first kappa shape index (κ1) is 15.4. The van der Waals surface area contributed by atoms with Gasteiger partial charge in [0.1, 0.15) is 0 Å². The highest BCUT2D eigenvalue weighted by atomic mass is 32.2. The van der Waals surface area contributed by atoms with Crippen LogP contribution in [0.1, 0.15) is 17.3 Å². The van der Waals surface area contributed by atoms with E-state index < -0.39 is 15.8 Å². The summed E-state index contributed by atoms with van der Waals surface area (Å²) < 4.78 is 29.0. The Morgan fingerprint density at radius 2 is 2.16 bits per heavy atom. The van der Waals surface area contributed by atoms with Crippen LogP contribution in [0, 0.1) is 0 Å². The molecule has 0 fully saturated rings. The number of hydrogen-bond acceptors (Lipinski definition) is 4. The first-order valence-corrected chi connectivity index (χ1v) is 7.37. The van der Waals surface area contributed by atoms with Gasteiger partial charge in [0, 0.05) is 0 Å². The van der Waals surface area contributed by atoms with Gasteiger partial charge < -0.3 is 9.84 Å². The van der Waals surface area contributed by atoms with Crippen LogP contribution in [-0.4, -0.2) is 38.5 Å². The van der Waals surface area contributed by atoms with Crippen molar-refractivity contribution in [2.75, 3.05) is 19.0 Å². The lowest BCUT2D eigenvalue weighted by Gasteiger charge is -2.05. The van der Waals surface area contributed by atoms with Crippen LogP contribution in [0.5, 0.6) is 0 Å². The molecule has 0 amide bonds. The molecule has 0 aliphatic rings. The number of hydrogen-bond donors (Lipinski definition) is 1. The van der Waals surface area contributed by atoms with Gasteiger partial charge in [0.2, 0.25) is 0 Å². The van der Waals surface area contributed by atoms with Crippen molar-refractivity contribution in [2.24, 2.45) is 0 Å². The maximum atomic E-state index is 11.9. The first-order valence-electron chi connectivity index (χ1n) is 5.72. The molecule has 1 aromatic carbocycles. The Kier molecular flexibility index (Phi) is 5.72. The van der Waals surface area contributed by atoms with Crippen molar-refractivity contribution in [1.29, 1.82) is 0 Å². The molecule has 19 heavy (non-hydrogen) atoms. The van der Waals surface area contributed by atoms with E-state index in [-0.39, 0.29) is 22.8 Å². The molecule has 104 valence electrons. The van der Waals surface area contributed by atoms with Crippen LogP contribution in [-0.2, 0) is 14.6 Å². The van der Waals surface area contributed by atoms with Gasteiger partial charge in [-0.1, -0.05) is 18.2 Å². The van der Waals surface area contributed by atoms with E-state index in [2.05, 4.69) is 0 Å². The molecular formula is C13H16O5S. The van der Waals surface area contributed by atoms with Gasteiger partial charge in [-0.05, 0) is 25.1 Å². The van der Waals surface area contributed by atoms with Gasteiger partial charge in [0.25, 0.3) is 0 Å². The van der Waals surface area contributed by atoms with Crippen molar-refractivity contribution in [3.05, 3.63) is 42.0 Å². The van der Waals surface area contributed by atoms with Crippen molar-refractivity contribution in [1.82, 2.24) is 0 Å². The van der Waals surface area contributed by atoms with E-state index in [0.29, 0.717) is 6.61 Å². The van der Waals surface area contributed by atoms with Gasteiger partial charge in [-0.2, -0.15) is 0 Å². The highest BCUT2D eigenvalue weighted by molar-refractivity contribution is 7.91. The lowest BCUT2D eigenvalue weighted by Crippen LogP contribution is -2.13. The molecule has 0 heterocycles. The molecule has 0 bridgehead atoms. The summed E-state index contributed by atoms with van der Waals surface area (Å²) in [7, 11) is -3.52. The lowest BCUT2D eigenvalue weighted by atomic mass is 10.2. The molecule has 0 saturated heterocycles. The second-order valence-electron chi connectivity index (χ2n) is 3.80. The summed E-state index contributed by atoms with van der Waals surface area (Å²) in [6.07, 6.45) is 3.59. The standard InChI is InChI=1S/C13H16O5S/c1-2-3-7-18-8-9-19(16,17)12-6-4-5-11(10-12)13(14)15/h2-6,10H,7-9H2,1H3,(H,14,15)/b3-2+. The Morgan fingerprint density at radius 3 is 2.79 bits per heavy atom. The van der Waals surface area contributed by atoms with Crippen molar-refractivity contribution in [3.8, 4) is 0 Å². The maximum absolute atomic E-state index is 11.9. The molecule has 0 aliphatic carbocycles. The van der Waals surface area contributed by atoms with Crippen LogP contribution in [0.4, 0.5) is 0 Å². The van der Waals surface area contributed by atoms with E-state index >= 15 is 0 Å². The van der Waals surface area contributed by atoms with E-state index in [4.69, 9.17) is 9.84 Å². The summed E-state index contributed by atoms with van der Waals surface area (Å²) in [5.41, 5.74) is -0.0455. The zero-order valence-electron chi connectivity index (χ0n) is 10.6. The van der Waals surface area contributed by atoms with Crippen molar-refractivity contribution in [2.45, 2.75) is 11.8 Å². The second-order valence-corrected chi connectivity index (χ2v) is 5.90. The number of benzene rings is 1. The summed E-state index contributed by atoms with van der Waals surface area (Å²) in [4.78, 5) is 10.8. The highest BCUT2D eigenvalue weighted by Crippen LogP contribution is 2.13. The number of rotatable bonds is 7. The van der Waals surface area contributed by atoms with Crippen LogP contribution >= 0.6 is 0 Å². The first-order chi connectivity index (χ1) is 8.97. The van der Waals surface area contributed by atoms with Crippen LogP contribution in [0.3, 0.4) is 0 Å². The molecule has 6 heteroatoms. The van der Waals surface area contributed by atoms with E-state index in [1.807, 2.05) is 13.0 Å². The predicted octanol–water partition coefficient (Wildman–Crippen LogP) is 1.75. The summed E-state index contributed by atoms with van der Waals surface area (Å²) in [6.45, 7) is 2.28. The number of carboxylic acid groups (broad SMARTS) is 1. The third kappa shape index (κ3) is 4.84. The monoisotopic (exact) mass is 284 g/mol. The van der Waals surface area contributed by atoms with Crippen molar-refractivity contribution >= 4 is 15.8 Å². The summed E-state index contributed by atoms with van der Waals surface area (Å²) in [5.74, 6) is -1.32. The minimum atomic E-state index is -3.52. The summed E-state index contributed by atoms with van der Waals surface area (Å²) >= 11 is 0. The number of sulfone groups is 1. The third-order valence-corrected chi connectivity index (χ3v) is 4.06. The van der Waals surface area contributed by atoms with Crippen LogP contribution < -0.4 is 0 Å². The van der Waals surface area contributed by atoms with Gasteiger partial charge >= 0.3 is 5.97 Å². The summed E-state index contributed by atoms with van der Waals surface area (Å²) in [5, 5.41) is 8.82. The molecule has 5 nitrogen and oxygen atoms in total. The molecule has 0 spiro atoms. The minimum absolute atomic E-state index is 0.00188. The van der Waals surface area contributed by atoms with Crippen LogP contribution in [0.2, 0.25) is 0 Å². The fourth-order valence-corrected chi connectivity index (χ4v) is 2.52. The van der Waals surface area contributed by atoms with E-state index in [0.717, 1.165) is 6.07 Å². The molecule has 1 aromatic rings. The Morgan fingerprint density at radius 1 is 1.42 bits per heavy atom. The van der Waals surface area contributed by atoms with E-state index in [1.54, 1.807) is 6.08 Å². The molecule has 0 aromatic heterocycles. The van der Waals surface area contributed by atoms with E-state index in [1.165, 1.54) is 18.2 Å². The van der Waals surface area contributed by atoms with Gasteiger partial charge in [0.15, 0.2) is 9.84 Å². The molecule has 0 atom stereocenters. The molecule has 0 aliphatic heterocycles. The van der Waals surface area contributed by atoms with Crippen LogP contribution in [0.15, 0.2) is 41.3 Å². The minimum Gasteiger partial charge on any atom is -0.478 e. The molecule has 0 radical (unpaired) electrons. The van der Waals surface area contributed by atoms with Gasteiger partial charge in [-0.3, -0.25) is 0 Å². The number of ether oxygens (including phenoxy) is 1. The van der Waals surface area contributed by atoms with Crippen molar-refractivity contribution < 1.29 is 23.1 Å². The number of carbonyl (C=O) groups is 1. The Labute approximate surface area is 112 Å². The topological polar surface area (TPSA) is 80.7 Å². The van der Waals surface area contributed by atoms with Gasteiger partial charge in [-0.15, -0.1) is 0 Å². The predicted molar refractivity (Wildman–Crippen MR) is 71.1 cm³/mol. The Bertz CT molecular complexity index is 560. The fraction of sp³-hybridized carbons (Fsp3) is 0.308. The maximum Gasteiger partial charge on any atom is 0.335 e. The van der Waals surface area contributed by atoms with Crippen molar-refractivity contribution in [3.63, 3.8) is 0 Å². The molecule has 0 saturated carbocycles. The average molecular weight is 284 g/mol. The molecule has 1 rings (SSSR count). The van der Waals surface area contributed by atoms with Crippen LogP contribution in [0.25, 0.3) is 0 Å². The summed E-state index contributed by atoms with van der Waals surface area (Å²) in [6, 6.07) is 5.30. The quantitative estimate of drug-likeness (QED) is 0.609. The number of carboxylic acids is 1. The average Bonchev–Trinajstić information content (AvgIpc) is 2.38. The lowest BCUT2D eigenvalue weighted by molar-refractivity contribution is 0.0696. The van der Waals surface area contributed by atoms with E-state index in [9.17, 15) is 13.2 Å². The Balaban J connectivity index is 2.72. The number of allylic oxidation sites excluding steroid dienone is 1. The molecule has 1 N–H and O–H groups in total. The van der Waals surface area contributed by atoms with Gasteiger partial charge in [0.05, 0.1) is 29.4 Å². The Hall–Kier alpha value is -1.66. The normalized spacial score (nSPS) is 11.8. The third-order valence-electron chi connectivity index (χ3n) is 2.39. The second kappa shape index (κ2) is 7.06. The highest BCUT2D eigenvalue weighted by Gasteiger charge is 2.16. The smallest absolute Gasteiger partial charge is 0.335 e. The molecular weight excluding hydrogens is 268 g/mol. The number of aromatic carboxylic acids is 1. The largest absolute Gasteiger partial charge is 0.478 e.